The molecule has 2 aliphatic carbocycles. The Morgan fingerprint density at radius 3 is 2.68 bits per heavy atom. The maximum Gasteiger partial charge on any atom is 0.264 e. The summed E-state index contributed by atoms with van der Waals surface area (Å²) >= 11 is 2.12. The van der Waals surface area contributed by atoms with Crippen LogP contribution in [0.2, 0.25) is 0 Å². The van der Waals surface area contributed by atoms with E-state index < -0.39 is 0 Å². The van der Waals surface area contributed by atoms with Gasteiger partial charge in [-0.25, -0.2) is 4.98 Å². The van der Waals surface area contributed by atoms with Crippen LogP contribution in [0.15, 0.2) is 4.79 Å². The van der Waals surface area contributed by atoms with Gasteiger partial charge in [0.05, 0.1) is 9.26 Å². The molecule has 104 valence electrons. The van der Waals surface area contributed by atoms with Gasteiger partial charge in [-0.15, -0.1) is 0 Å². The Balaban J connectivity index is 2.06. The van der Waals surface area contributed by atoms with Gasteiger partial charge in [0.1, 0.15) is 11.4 Å². The zero-order valence-corrected chi connectivity index (χ0v) is 13.3. The van der Waals surface area contributed by atoms with E-state index in [0.717, 1.165) is 53.6 Å². The van der Waals surface area contributed by atoms with Crippen molar-refractivity contribution in [2.75, 3.05) is 6.61 Å². The fourth-order valence-corrected chi connectivity index (χ4v) is 3.69. The summed E-state index contributed by atoms with van der Waals surface area (Å²) in [4.78, 5) is 19.9. The van der Waals surface area contributed by atoms with Crippen molar-refractivity contribution >= 4 is 22.6 Å². The first-order chi connectivity index (χ1) is 9.16. The molecule has 0 saturated heterocycles. The summed E-state index contributed by atoms with van der Waals surface area (Å²) in [6.45, 7) is 2.67. The number of hydrogen-bond acceptors (Lipinski definition) is 3. The highest BCUT2D eigenvalue weighted by molar-refractivity contribution is 14.1. The molecule has 0 bridgehead atoms. The lowest BCUT2D eigenvalue weighted by molar-refractivity contribution is -0.0460. The molecule has 2 aliphatic rings. The molecule has 1 heterocycles. The molecule has 0 spiro atoms. The monoisotopic (exact) mass is 374 g/mol. The van der Waals surface area contributed by atoms with E-state index >= 15 is 0 Å². The molecule has 3 rings (SSSR count). The molecular formula is C14H19IN2O2. The number of aromatic amines is 1. The number of nitrogens with zero attached hydrogens (tertiary/aromatic N) is 1. The Morgan fingerprint density at radius 2 is 2.11 bits per heavy atom. The molecule has 19 heavy (non-hydrogen) atoms. The van der Waals surface area contributed by atoms with Crippen molar-refractivity contribution in [2.24, 2.45) is 0 Å². The van der Waals surface area contributed by atoms with Crippen LogP contribution in [-0.2, 0) is 10.3 Å². The van der Waals surface area contributed by atoms with E-state index in [1.165, 1.54) is 0 Å². The van der Waals surface area contributed by atoms with Gasteiger partial charge in [0.25, 0.3) is 5.56 Å². The van der Waals surface area contributed by atoms with Crippen molar-refractivity contribution < 1.29 is 4.74 Å². The van der Waals surface area contributed by atoms with E-state index in [1.54, 1.807) is 0 Å². The lowest BCUT2D eigenvalue weighted by Crippen LogP contribution is -2.33. The van der Waals surface area contributed by atoms with Crippen LogP contribution in [0.5, 0.6) is 0 Å². The fourth-order valence-electron chi connectivity index (χ4n) is 2.99. The van der Waals surface area contributed by atoms with Crippen molar-refractivity contribution in [1.29, 1.82) is 0 Å². The van der Waals surface area contributed by atoms with Crippen LogP contribution in [0.3, 0.4) is 0 Å². The van der Waals surface area contributed by atoms with E-state index in [2.05, 4.69) is 27.6 Å². The molecule has 5 heteroatoms. The Hall–Kier alpha value is -0.430. The average molecular weight is 374 g/mol. The number of nitrogens with one attached hydrogen (secondary N) is 1. The summed E-state index contributed by atoms with van der Waals surface area (Å²) in [5.74, 6) is 1.26. The van der Waals surface area contributed by atoms with E-state index in [9.17, 15) is 4.79 Å². The van der Waals surface area contributed by atoms with Gasteiger partial charge in [0, 0.05) is 12.5 Å². The largest absolute Gasteiger partial charge is 0.367 e. The molecule has 2 fully saturated rings. The maximum atomic E-state index is 12.1. The van der Waals surface area contributed by atoms with Crippen LogP contribution in [-0.4, -0.2) is 16.6 Å². The first kappa shape index (κ1) is 13.5. The summed E-state index contributed by atoms with van der Waals surface area (Å²) in [5, 5.41) is 0. The SMILES string of the molecule is CCOC1(c2nc(C3CC3)c(I)c(=O)[nH]2)CCCC1. The summed E-state index contributed by atoms with van der Waals surface area (Å²) in [6.07, 6.45) is 6.55. The van der Waals surface area contributed by atoms with Crippen molar-refractivity contribution in [2.45, 2.75) is 57.0 Å². The zero-order chi connectivity index (χ0) is 13.5. The van der Waals surface area contributed by atoms with E-state index in [1.807, 2.05) is 6.92 Å². The predicted molar refractivity (Wildman–Crippen MR) is 81.3 cm³/mol. The number of halogens is 1. The van der Waals surface area contributed by atoms with Gasteiger partial charge < -0.3 is 9.72 Å². The third-order valence-electron chi connectivity index (χ3n) is 4.12. The maximum absolute atomic E-state index is 12.1. The molecule has 0 atom stereocenters. The smallest absolute Gasteiger partial charge is 0.264 e. The minimum absolute atomic E-state index is 0.00141. The molecular weight excluding hydrogens is 355 g/mol. The molecule has 2 saturated carbocycles. The molecule has 1 aromatic rings. The quantitative estimate of drug-likeness (QED) is 0.825. The summed E-state index contributed by atoms with van der Waals surface area (Å²) in [5.41, 5.74) is 0.644. The third-order valence-corrected chi connectivity index (χ3v) is 5.16. The molecule has 0 aliphatic heterocycles. The lowest BCUT2D eigenvalue weighted by atomic mass is 10.0. The van der Waals surface area contributed by atoms with Crippen molar-refractivity contribution in [3.63, 3.8) is 0 Å². The molecule has 1 N–H and O–H groups in total. The predicted octanol–water partition coefficient (Wildman–Crippen LogP) is 3.06. The van der Waals surface area contributed by atoms with Gasteiger partial charge in [-0.1, -0.05) is 0 Å². The highest BCUT2D eigenvalue weighted by Crippen LogP contribution is 2.43. The van der Waals surface area contributed by atoms with Gasteiger partial charge in [0.15, 0.2) is 0 Å². The second-order valence-electron chi connectivity index (χ2n) is 5.52. The number of H-pyrrole nitrogens is 1. The van der Waals surface area contributed by atoms with Gasteiger partial charge in [0.2, 0.25) is 0 Å². The minimum Gasteiger partial charge on any atom is -0.367 e. The molecule has 0 radical (unpaired) electrons. The van der Waals surface area contributed by atoms with E-state index in [-0.39, 0.29) is 11.2 Å². The second-order valence-corrected chi connectivity index (χ2v) is 6.60. The van der Waals surface area contributed by atoms with E-state index in [0.29, 0.717) is 12.5 Å². The van der Waals surface area contributed by atoms with Crippen LogP contribution in [0.4, 0.5) is 0 Å². The fraction of sp³-hybridized carbons (Fsp3) is 0.714. The van der Waals surface area contributed by atoms with Gasteiger partial charge >= 0.3 is 0 Å². The number of rotatable bonds is 4. The lowest BCUT2D eigenvalue weighted by Gasteiger charge is -2.28. The summed E-state index contributed by atoms with van der Waals surface area (Å²) < 4.78 is 6.75. The van der Waals surface area contributed by atoms with Gasteiger partial charge in [-0.05, 0) is 68.0 Å². The number of aromatic nitrogens is 2. The molecule has 0 amide bonds. The average Bonchev–Trinajstić information content (AvgIpc) is 3.13. The Labute approximate surface area is 126 Å². The Bertz CT molecular complexity index is 531. The topological polar surface area (TPSA) is 55.0 Å². The molecule has 4 nitrogen and oxygen atoms in total. The highest BCUT2D eigenvalue weighted by Gasteiger charge is 2.40. The Morgan fingerprint density at radius 1 is 1.42 bits per heavy atom. The second kappa shape index (κ2) is 5.16. The zero-order valence-electron chi connectivity index (χ0n) is 11.2. The van der Waals surface area contributed by atoms with Gasteiger partial charge in [-0.2, -0.15) is 0 Å². The van der Waals surface area contributed by atoms with Crippen LogP contribution in [0, 0.1) is 3.57 Å². The normalized spacial score (nSPS) is 21.8. The number of ether oxygens (including phenoxy) is 1. The number of hydrogen-bond donors (Lipinski definition) is 1. The third kappa shape index (κ3) is 2.46. The molecule has 1 aromatic heterocycles. The van der Waals surface area contributed by atoms with Crippen LogP contribution in [0.25, 0.3) is 0 Å². The van der Waals surface area contributed by atoms with Crippen LogP contribution < -0.4 is 5.56 Å². The van der Waals surface area contributed by atoms with Crippen molar-refractivity contribution in [3.05, 3.63) is 25.4 Å². The van der Waals surface area contributed by atoms with Crippen LogP contribution in [0.1, 0.15) is 62.9 Å². The standard InChI is InChI=1S/C14H19IN2O2/c1-2-19-14(7-3-4-8-14)13-16-11(9-5-6-9)10(15)12(18)17-13/h9H,2-8H2,1H3,(H,16,17,18). The van der Waals surface area contributed by atoms with Gasteiger partial charge in [-0.3, -0.25) is 4.79 Å². The first-order valence-electron chi connectivity index (χ1n) is 7.10. The van der Waals surface area contributed by atoms with Crippen molar-refractivity contribution in [1.82, 2.24) is 9.97 Å². The van der Waals surface area contributed by atoms with Crippen LogP contribution >= 0.6 is 22.6 Å². The molecule has 0 unspecified atom stereocenters. The highest BCUT2D eigenvalue weighted by atomic mass is 127. The Kier molecular flexibility index (Phi) is 3.68. The van der Waals surface area contributed by atoms with E-state index in [4.69, 9.17) is 9.72 Å². The summed E-state index contributed by atoms with van der Waals surface area (Å²) in [6, 6.07) is 0. The first-order valence-corrected chi connectivity index (χ1v) is 8.18. The minimum atomic E-state index is -0.345. The summed E-state index contributed by atoms with van der Waals surface area (Å²) in [7, 11) is 0. The van der Waals surface area contributed by atoms with Crippen molar-refractivity contribution in [3.8, 4) is 0 Å². The molecule has 0 aromatic carbocycles.